The Hall–Kier alpha value is -16.1. The zero-order valence-electron chi connectivity index (χ0n) is 69.3. The first-order valence-electron chi connectivity index (χ1n) is 43.9. The summed E-state index contributed by atoms with van der Waals surface area (Å²) in [5.74, 6) is 0. The molecule has 22 aromatic carbocycles. The molecule has 0 saturated carbocycles. The van der Waals surface area contributed by atoms with Crippen LogP contribution in [-0.4, -0.2) is 0 Å². The molecule has 0 unspecified atom stereocenters. The lowest BCUT2D eigenvalue weighted by atomic mass is 9.67. The Morgan fingerprint density at radius 1 is 0.103 bits per heavy atom. The van der Waals surface area contributed by atoms with Crippen LogP contribution < -0.4 is 0 Å². The highest BCUT2D eigenvalue weighted by Gasteiger charge is 2.52. The van der Waals surface area contributed by atoms with Gasteiger partial charge in [0.05, 0.1) is 10.8 Å². The first-order valence-corrected chi connectivity index (χ1v) is 43.9. The summed E-state index contributed by atoms with van der Waals surface area (Å²) in [5.41, 5.74) is 42.0. The average molecular weight is 1600 g/mol. The van der Waals surface area contributed by atoms with Crippen LogP contribution in [0.4, 0.5) is 0 Å². The normalized spacial score (nSPS) is 12.7. The van der Waals surface area contributed by atoms with Gasteiger partial charge in [-0.3, -0.25) is 0 Å². The van der Waals surface area contributed by atoms with Crippen molar-refractivity contribution < 1.29 is 0 Å². The highest BCUT2D eigenvalue weighted by atomic mass is 14.5. The minimum atomic E-state index is -0.478. The van der Waals surface area contributed by atoms with Gasteiger partial charge < -0.3 is 0 Å². The van der Waals surface area contributed by atoms with Crippen molar-refractivity contribution in [2.45, 2.75) is 10.8 Å². The fourth-order valence-electron chi connectivity index (χ4n) is 21.8. The second-order valence-electron chi connectivity index (χ2n) is 33.8. The lowest BCUT2D eigenvalue weighted by molar-refractivity contribution is 0.769. The van der Waals surface area contributed by atoms with Crippen LogP contribution in [0.5, 0.6) is 0 Å². The third kappa shape index (κ3) is 11.9. The van der Waals surface area contributed by atoms with Crippen molar-refractivity contribution in [3.05, 3.63) is 542 Å². The lowest BCUT2D eigenvalue weighted by Gasteiger charge is -2.34. The van der Waals surface area contributed by atoms with Gasteiger partial charge in [0, 0.05) is 0 Å². The minimum absolute atomic E-state index is 0.403. The zero-order valence-corrected chi connectivity index (χ0v) is 69.3. The SMILES string of the molecule is c1ccc(-c2cc(-c3ccccc3)cc(-c3cccc(-c4c5ccccc5c(-c5ccc6c(c5)C(c5ccccc5)(c5ccccc5)c5ccccc5-6)c5ccccc45)c3)c2)cc1.c1ccc(-c2cc(-c3ccccc3)cc(-c3cccc(-c4c5ccccc5c(-c5ccc6c(c5)C5(c7ccccc7-c7ccccc75)c5ccccc5-6)c5ccccc45)c3)c2)cc1. The molecule has 126 heavy (non-hydrogen) atoms. The molecular weight excluding hydrogens is 1510 g/mol. The summed E-state index contributed by atoms with van der Waals surface area (Å²) in [6.07, 6.45) is 0. The van der Waals surface area contributed by atoms with Gasteiger partial charge in [-0.05, 0) is 293 Å². The van der Waals surface area contributed by atoms with Gasteiger partial charge in [-0.1, -0.05) is 437 Å². The van der Waals surface area contributed by atoms with E-state index < -0.39 is 10.8 Å². The first kappa shape index (κ1) is 73.8. The number of benzene rings is 22. The Morgan fingerprint density at radius 3 is 0.579 bits per heavy atom. The molecule has 0 saturated heterocycles. The third-order valence-corrected chi connectivity index (χ3v) is 27.2. The molecule has 0 fully saturated rings. The fourth-order valence-corrected chi connectivity index (χ4v) is 21.8. The predicted molar refractivity (Wildman–Crippen MR) is 531 cm³/mol. The van der Waals surface area contributed by atoms with Crippen LogP contribution in [0.1, 0.15) is 44.5 Å². The topological polar surface area (TPSA) is 0 Å². The smallest absolute Gasteiger partial charge is 0.0622 e. The van der Waals surface area contributed by atoms with Crippen molar-refractivity contribution in [3.63, 3.8) is 0 Å². The summed E-state index contributed by atoms with van der Waals surface area (Å²) >= 11 is 0. The van der Waals surface area contributed by atoms with Gasteiger partial charge in [0.25, 0.3) is 0 Å². The first-order chi connectivity index (χ1) is 62.5. The van der Waals surface area contributed by atoms with E-state index in [2.05, 4.69) is 497 Å². The monoisotopic (exact) mass is 1590 g/mol. The highest BCUT2D eigenvalue weighted by Crippen LogP contribution is 2.64. The van der Waals surface area contributed by atoms with Crippen LogP contribution in [0.15, 0.2) is 497 Å². The third-order valence-electron chi connectivity index (χ3n) is 27.2. The van der Waals surface area contributed by atoms with E-state index in [0.29, 0.717) is 0 Å². The molecule has 0 bridgehead atoms. The summed E-state index contributed by atoms with van der Waals surface area (Å²) in [6.45, 7) is 0. The van der Waals surface area contributed by atoms with E-state index in [1.807, 2.05) is 0 Å². The second kappa shape index (κ2) is 30.5. The van der Waals surface area contributed by atoms with Crippen LogP contribution in [0.2, 0.25) is 0 Å². The van der Waals surface area contributed by atoms with Crippen molar-refractivity contribution in [2.75, 3.05) is 0 Å². The summed E-state index contributed by atoms with van der Waals surface area (Å²) in [5, 5.41) is 9.99. The van der Waals surface area contributed by atoms with Crippen LogP contribution in [0.25, 0.3) is 188 Å². The van der Waals surface area contributed by atoms with E-state index in [1.54, 1.807) is 0 Å². The second-order valence-corrected chi connectivity index (χ2v) is 33.8. The number of hydrogen-bond acceptors (Lipinski definition) is 0. The lowest BCUT2D eigenvalue weighted by Crippen LogP contribution is -2.28. The fraction of sp³-hybridized carbons (Fsp3) is 0.0159. The summed E-state index contributed by atoms with van der Waals surface area (Å²) in [7, 11) is 0. The van der Waals surface area contributed by atoms with E-state index in [0.717, 1.165) is 0 Å². The largest absolute Gasteiger partial charge is 0.0725 e. The van der Waals surface area contributed by atoms with E-state index >= 15 is 0 Å². The molecule has 0 N–H and O–H groups in total. The maximum atomic E-state index is 2.53. The molecular formula is C126H82. The number of rotatable bonds is 12. The van der Waals surface area contributed by atoms with Gasteiger partial charge in [0.2, 0.25) is 0 Å². The Kier molecular flexibility index (Phi) is 17.8. The van der Waals surface area contributed by atoms with Gasteiger partial charge >= 0.3 is 0 Å². The summed E-state index contributed by atoms with van der Waals surface area (Å²) in [6, 6.07) is 185. The molecule has 0 heteroatoms. The molecule has 3 aliphatic rings. The number of hydrogen-bond donors (Lipinski definition) is 0. The van der Waals surface area contributed by atoms with Crippen LogP contribution in [-0.2, 0) is 10.8 Å². The van der Waals surface area contributed by atoms with Gasteiger partial charge in [-0.25, -0.2) is 0 Å². The molecule has 0 radical (unpaired) electrons. The Balaban J connectivity index is 0.000000141. The van der Waals surface area contributed by atoms with Gasteiger partial charge in [-0.2, -0.15) is 0 Å². The highest BCUT2D eigenvalue weighted by molar-refractivity contribution is 6.23. The van der Waals surface area contributed by atoms with Gasteiger partial charge in [0.15, 0.2) is 0 Å². The van der Waals surface area contributed by atoms with Gasteiger partial charge in [-0.15, -0.1) is 0 Å². The molecule has 0 aromatic heterocycles. The molecule has 0 heterocycles. The van der Waals surface area contributed by atoms with Crippen molar-refractivity contribution >= 4 is 43.1 Å². The standard InChI is InChI=1S/C63H40.C63H42/c1-3-18-41(19-4-1)46-37-47(42-20-5-2-6-21-42)39-48(38-46)43-22-17-23-44(36-43)61-53-27-7-9-29-55(53)62(56-30-10-8-28-54(56)61)45-34-35-52-51-26-13-16-33-59(51)63(60(52)40-45)57-31-14-11-24-49(57)50-25-12-15-32-58(50)63;1-5-20-43(21-6-1)48-39-49(44-22-7-2-8-23-44)41-50(40-48)45-24-19-25-46(38-45)61-55-31-13-15-33-57(55)62(58-34-16-14-32-56(58)61)47-36-37-54-53-30-17-18-35-59(53)63(60(54)42-47,51-26-9-3-10-27-51)52-28-11-4-12-29-52/h1-40H;1-42H. The summed E-state index contributed by atoms with van der Waals surface area (Å²) < 4.78 is 0. The van der Waals surface area contributed by atoms with E-state index in [9.17, 15) is 0 Å². The molecule has 0 aliphatic heterocycles. The van der Waals surface area contributed by atoms with Crippen molar-refractivity contribution in [1.29, 1.82) is 0 Å². The minimum Gasteiger partial charge on any atom is -0.0622 e. The predicted octanol–water partition coefficient (Wildman–Crippen LogP) is 33.4. The summed E-state index contributed by atoms with van der Waals surface area (Å²) in [4.78, 5) is 0. The van der Waals surface area contributed by atoms with E-state index in [1.165, 1.54) is 232 Å². The zero-order chi connectivity index (χ0) is 83.2. The van der Waals surface area contributed by atoms with Crippen LogP contribution in [0, 0.1) is 0 Å². The molecule has 1 spiro atoms. The van der Waals surface area contributed by atoms with Gasteiger partial charge in [0.1, 0.15) is 0 Å². The van der Waals surface area contributed by atoms with Crippen LogP contribution >= 0.6 is 0 Å². The number of fused-ring (bicyclic) bond motifs is 17. The van der Waals surface area contributed by atoms with E-state index in [-0.39, 0.29) is 0 Å². The Labute approximate surface area is 735 Å². The molecule has 3 aliphatic carbocycles. The van der Waals surface area contributed by atoms with Crippen molar-refractivity contribution in [3.8, 4) is 145 Å². The molecule has 0 nitrogen and oxygen atoms in total. The Morgan fingerprint density at radius 2 is 0.294 bits per heavy atom. The van der Waals surface area contributed by atoms with Crippen molar-refractivity contribution in [2.24, 2.45) is 0 Å². The Bertz CT molecular complexity index is 7310. The molecule has 25 rings (SSSR count). The molecule has 22 aromatic rings. The van der Waals surface area contributed by atoms with Crippen molar-refractivity contribution in [1.82, 2.24) is 0 Å². The average Bonchev–Trinajstić information content (AvgIpc) is 1.51. The molecule has 0 amide bonds. The van der Waals surface area contributed by atoms with E-state index in [4.69, 9.17) is 0 Å². The quantitative estimate of drug-likeness (QED) is 0.107. The maximum Gasteiger partial charge on any atom is 0.0725 e. The molecule has 586 valence electrons. The maximum absolute atomic E-state index is 2.53. The molecule has 0 atom stereocenters. The van der Waals surface area contributed by atoms with Crippen LogP contribution in [0.3, 0.4) is 0 Å².